The lowest BCUT2D eigenvalue weighted by Crippen LogP contribution is -2.08. The van der Waals surface area contributed by atoms with Gasteiger partial charge in [0.25, 0.3) is 0 Å². The van der Waals surface area contributed by atoms with Gasteiger partial charge in [0.15, 0.2) is 0 Å². The summed E-state index contributed by atoms with van der Waals surface area (Å²) in [6, 6.07) is 12.5. The fourth-order valence-electron chi connectivity index (χ4n) is 1.74. The summed E-state index contributed by atoms with van der Waals surface area (Å²) in [6.45, 7) is 2.03. The van der Waals surface area contributed by atoms with Crippen molar-refractivity contribution in [2.75, 3.05) is 5.32 Å². The first-order valence-corrected chi connectivity index (χ1v) is 6.99. The van der Waals surface area contributed by atoms with Crippen molar-refractivity contribution in [3.63, 3.8) is 0 Å². The molecule has 1 nitrogen and oxygen atoms in total. The molecule has 4 heteroatoms. The molecule has 2 aromatic rings. The van der Waals surface area contributed by atoms with Gasteiger partial charge in [0.1, 0.15) is 5.82 Å². The predicted octanol–water partition coefficient (Wildman–Crippen LogP) is 5.26. The molecule has 1 N–H and O–H groups in total. The molecule has 1 atom stereocenters. The van der Waals surface area contributed by atoms with Crippen molar-refractivity contribution in [3.05, 3.63) is 62.4 Å². The van der Waals surface area contributed by atoms with Crippen LogP contribution in [0.4, 0.5) is 10.1 Å². The number of hydrogen-bond acceptors (Lipinski definition) is 1. The zero-order valence-electron chi connectivity index (χ0n) is 9.75. The Morgan fingerprint density at radius 3 is 2.61 bits per heavy atom. The van der Waals surface area contributed by atoms with E-state index in [4.69, 9.17) is 11.6 Å². The Hall–Kier alpha value is -0.810. The Kier molecular flexibility index (Phi) is 4.45. The molecule has 1 unspecified atom stereocenters. The Balaban J connectivity index is 2.21. The molecule has 0 aliphatic carbocycles. The van der Waals surface area contributed by atoms with Crippen LogP contribution >= 0.6 is 34.2 Å². The van der Waals surface area contributed by atoms with E-state index in [1.807, 2.05) is 31.2 Å². The third-order valence-corrected chi connectivity index (χ3v) is 3.91. The highest BCUT2D eigenvalue weighted by Gasteiger charge is 2.10. The number of nitrogens with one attached hydrogen (secondary N) is 1. The van der Waals surface area contributed by atoms with Crippen LogP contribution in [0.25, 0.3) is 0 Å². The summed E-state index contributed by atoms with van der Waals surface area (Å²) in [5, 5.41) is 4.07. The molecule has 0 spiro atoms. The molecule has 0 fully saturated rings. The summed E-state index contributed by atoms with van der Waals surface area (Å²) < 4.78 is 13.9. The standard InChI is InChI=1S/C14H12ClFIN/c1-9(11-4-2-3-5-12(11)15)18-14-7-6-10(16)8-13(14)17/h2-9,18H,1H3. The van der Waals surface area contributed by atoms with Crippen molar-refractivity contribution in [2.24, 2.45) is 0 Å². The van der Waals surface area contributed by atoms with Crippen LogP contribution in [-0.2, 0) is 0 Å². The van der Waals surface area contributed by atoms with Crippen LogP contribution in [-0.4, -0.2) is 0 Å². The van der Waals surface area contributed by atoms with Gasteiger partial charge in [-0.3, -0.25) is 0 Å². The Labute approximate surface area is 124 Å². The number of hydrogen-bond donors (Lipinski definition) is 1. The average Bonchev–Trinajstić information content (AvgIpc) is 2.33. The number of anilines is 1. The van der Waals surface area contributed by atoms with E-state index in [1.165, 1.54) is 12.1 Å². The van der Waals surface area contributed by atoms with Crippen molar-refractivity contribution in [3.8, 4) is 0 Å². The average molecular weight is 376 g/mol. The molecule has 0 aliphatic rings. The molecule has 94 valence electrons. The predicted molar refractivity (Wildman–Crippen MR) is 82.6 cm³/mol. The van der Waals surface area contributed by atoms with Crippen molar-refractivity contribution in [1.82, 2.24) is 0 Å². The Morgan fingerprint density at radius 2 is 1.94 bits per heavy atom. The lowest BCUT2D eigenvalue weighted by molar-refractivity contribution is 0.627. The summed E-state index contributed by atoms with van der Waals surface area (Å²) in [5.74, 6) is -0.227. The summed E-state index contributed by atoms with van der Waals surface area (Å²) in [5.41, 5.74) is 1.93. The minimum atomic E-state index is -0.227. The highest BCUT2D eigenvalue weighted by molar-refractivity contribution is 14.1. The van der Waals surface area contributed by atoms with Crippen LogP contribution in [0.2, 0.25) is 5.02 Å². The molecule has 0 heterocycles. The van der Waals surface area contributed by atoms with E-state index in [2.05, 4.69) is 27.9 Å². The van der Waals surface area contributed by atoms with Crippen LogP contribution in [0.1, 0.15) is 18.5 Å². The van der Waals surface area contributed by atoms with Gasteiger partial charge >= 0.3 is 0 Å². The van der Waals surface area contributed by atoms with Crippen LogP contribution in [0.5, 0.6) is 0 Å². The molecule has 2 aromatic carbocycles. The van der Waals surface area contributed by atoms with E-state index in [0.29, 0.717) is 0 Å². The van der Waals surface area contributed by atoms with Gasteiger partial charge in [-0.05, 0) is 59.3 Å². The highest BCUT2D eigenvalue weighted by atomic mass is 127. The van der Waals surface area contributed by atoms with Crippen LogP contribution < -0.4 is 5.32 Å². The summed E-state index contributed by atoms with van der Waals surface area (Å²) >= 11 is 8.26. The van der Waals surface area contributed by atoms with Gasteiger partial charge in [-0.15, -0.1) is 0 Å². The first kappa shape index (κ1) is 13.6. The summed E-state index contributed by atoms with van der Waals surface area (Å²) in [4.78, 5) is 0. The van der Waals surface area contributed by atoms with Gasteiger partial charge in [-0.2, -0.15) is 0 Å². The first-order chi connectivity index (χ1) is 8.58. The normalized spacial score (nSPS) is 12.2. The van der Waals surface area contributed by atoms with Gasteiger partial charge in [0.2, 0.25) is 0 Å². The Bertz CT molecular complexity index is 559. The molecule has 0 aromatic heterocycles. The molecular formula is C14H12ClFIN. The molecule has 0 saturated carbocycles. The van der Waals surface area contributed by atoms with Gasteiger partial charge in [-0.1, -0.05) is 29.8 Å². The van der Waals surface area contributed by atoms with E-state index in [0.717, 1.165) is 19.8 Å². The van der Waals surface area contributed by atoms with Crippen LogP contribution in [0.15, 0.2) is 42.5 Å². The topological polar surface area (TPSA) is 12.0 Å². The van der Waals surface area contributed by atoms with Crippen LogP contribution in [0, 0.1) is 9.39 Å². The Morgan fingerprint density at radius 1 is 1.22 bits per heavy atom. The highest BCUT2D eigenvalue weighted by Crippen LogP contribution is 2.28. The van der Waals surface area contributed by atoms with Gasteiger partial charge < -0.3 is 5.32 Å². The molecule has 0 amide bonds. The SMILES string of the molecule is CC(Nc1ccc(F)cc1I)c1ccccc1Cl. The zero-order valence-corrected chi connectivity index (χ0v) is 12.7. The van der Waals surface area contributed by atoms with Crippen molar-refractivity contribution in [2.45, 2.75) is 13.0 Å². The van der Waals surface area contributed by atoms with Gasteiger partial charge in [0, 0.05) is 14.3 Å². The van der Waals surface area contributed by atoms with Crippen molar-refractivity contribution < 1.29 is 4.39 Å². The first-order valence-electron chi connectivity index (χ1n) is 5.54. The number of halogens is 3. The largest absolute Gasteiger partial charge is 0.378 e. The molecule has 2 rings (SSSR count). The van der Waals surface area contributed by atoms with Gasteiger partial charge in [-0.25, -0.2) is 4.39 Å². The maximum atomic E-state index is 13.0. The van der Waals surface area contributed by atoms with E-state index < -0.39 is 0 Å². The number of rotatable bonds is 3. The lowest BCUT2D eigenvalue weighted by Gasteiger charge is -2.18. The maximum Gasteiger partial charge on any atom is 0.124 e. The molecular weight excluding hydrogens is 364 g/mol. The van der Waals surface area contributed by atoms with E-state index in [9.17, 15) is 4.39 Å². The zero-order chi connectivity index (χ0) is 13.1. The van der Waals surface area contributed by atoms with E-state index >= 15 is 0 Å². The molecule has 0 aliphatic heterocycles. The molecule has 0 radical (unpaired) electrons. The second kappa shape index (κ2) is 5.89. The molecule has 0 saturated heterocycles. The maximum absolute atomic E-state index is 13.0. The summed E-state index contributed by atoms with van der Waals surface area (Å²) in [7, 11) is 0. The van der Waals surface area contributed by atoms with Crippen LogP contribution in [0.3, 0.4) is 0 Å². The molecule has 18 heavy (non-hydrogen) atoms. The minimum absolute atomic E-state index is 0.0673. The minimum Gasteiger partial charge on any atom is -0.378 e. The quantitative estimate of drug-likeness (QED) is 0.722. The van der Waals surface area contributed by atoms with Crippen molar-refractivity contribution >= 4 is 39.9 Å². The third kappa shape index (κ3) is 3.14. The second-order valence-electron chi connectivity index (χ2n) is 4.01. The number of benzene rings is 2. The fourth-order valence-corrected chi connectivity index (χ4v) is 2.68. The van der Waals surface area contributed by atoms with Gasteiger partial charge in [0.05, 0.1) is 6.04 Å². The lowest BCUT2D eigenvalue weighted by atomic mass is 10.1. The second-order valence-corrected chi connectivity index (χ2v) is 5.58. The van der Waals surface area contributed by atoms with E-state index in [1.54, 1.807) is 6.07 Å². The monoisotopic (exact) mass is 375 g/mol. The van der Waals surface area contributed by atoms with Crippen molar-refractivity contribution in [1.29, 1.82) is 0 Å². The fraction of sp³-hybridized carbons (Fsp3) is 0.143. The van der Waals surface area contributed by atoms with E-state index in [-0.39, 0.29) is 11.9 Å². The summed E-state index contributed by atoms with van der Waals surface area (Å²) in [6.07, 6.45) is 0. The molecule has 0 bridgehead atoms. The smallest absolute Gasteiger partial charge is 0.124 e. The third-order valence-electron chi connectivity index (χ3n) is 2.67.